The minimum absolute atomic E-state index is 0.0402. The van der Waals surface area contributed by atoms with E-state index in [-0.39, 0.29) is 5.91 Å². The van der Waals surface area contributed by atoms with E-state index in [2.05, 4.69) is 16.3 Å². The van der Waals surface area contributed by atoms with Crippen molar-refractivity contribution in [3.05, 3.63) is 24.3 Å². The van der Waals surface area contributed by atoms with Gasteiger partial charge in [-0.3, -0.25) is 4.79 Å². The second kappa shape index (κ2) is 7.40. The molecule has 2 aliphatic heterocycles. The van der Waals surface area contributed by atoms with Gasteiger partial charge in [-0.1, -0.05) is 12.1 Å². The van der Waals surface area contributed by atoms with Gasteiger partial charge in [0.05, 0.1) is 18.3 Å². The number of carbonyl (C=O) groups excluding carboxylic acids is 1. The molecule has 3 rings (SSSR count). The summed E-state index contributed by atoms with van der Waals surface area (Å²) < 4.78 is 10.7. The van der Waals surface area contributed by atoms with E-state index >= 15 is 0 Å². The predicted molar refractivity (Wildman–Crippen MR) is 93.3 cm³/mol. The molecule has 2 aliphatic rings. The summed E-state index contributed by atoms with van der Waals surface area (Å²) in [5, 5.41) is 3.06. The molecular formula is C18H27N3O3. The zero-order valence-electron chi connectivity index (χ0n) is 14.3. The minimum atomic E-state index is -0.765. The number of anilines is 1. The monoisotopic (exact) mass is 333 g/mol. The zero-order valence-corrected chi connectivity index (χ0v) is 14.3. The van der Waals surface area contributed by atoms with Crippen LogP contribution in [0.5, 0.6) is 5.75 Å². The highest BCUT2D eigenvalue weighted by molar-refractivity contribution is 5.86. The maximum atomic E-state index is 12.4. The maximum Gasteiger partial charge on any atom is 0.240 e. The first-order valence-electron chi connectivity index (χ1n) is 8.65. The summed E-state index contributed by atoms with van der Waals surface area (Å²) >= 11 is 0. The van der Waals surface area contributed by atoms with Gasteiger partial charge in [-0.05, 0) is 37.3 Å². The largest absolute Gasteiger partial charge is 0.495 e. The highest BCUT2D eigenvalue weighted by Crippen LogP contribution is 2.31. The molecular weight excluding hydrogens is 306 g/mol. The standard InChI is InChI=1S/C18H27N3O3/c1-23-16-5-3-2-4-15(16)21-9-6-14(13-21)12-20-17(22)18(19)7-10-24-11-8-18/h2-5,14H,6-13,19H2,1H3,(H,20,22). The summed E-state index contributed by atoms with van der Waals surface area (Å²) in [6, 6.07) is 8.06. The van der Waals surface area contributed by atoms with Crippen LogP contribution in [0.15, 0.2) is 24.3 Å². The first-order valence-corrected chi connectivity index (χ1v) is 8.65. The van der Waals surface area contributed by atoms with Crippen molar-refractivity contribution in [2.75, 3.05) is 44.9 Å². The highest BCUT2D eigenvalue weighted by atomic mass is 16.5. The molecule has 24 heavy (non-hydrogen) atoms. The van der Waals surface area contributed by atoms with E-state index in [0.29, 0.717) is 38.5 Å². The van der Waals surface area contributed by atoms with Crippen molar-refractivity contribution in [1.82, 2.24) is 5.32 Å². The molecule has 6 nitrogen and oxygen atoms in total. The van der Waals surface area contributed by atoms with E-state index < -0.39 is 5.54 Å². The molecule has 3 N–H and O–H groups in total. The second-order valence-electron chi connectivity index (χ2n) is 6.75. The number of amides is 1. The number of hydrogen-bond donors (Lipinski definition) is 2. The van der Waals surface area contributed by atoms with Crippen LogP contribution >= 0.6 is 0 Å². The number of nitrogens with zero attached hydrogens (tertiary/aromatic N) is 1. The molecule has 0 aromatic heterocycles. The smallest absolute Gasteiger partial charge is 0.240 e. The molecule has 0 saturated carbocycles. The average Bonchev–Trinajstić information content (AvgIpc) is 3.09. The lowest BCUT2D eigenvalue weighted by Gasteiger charge is -2.32. The van der Waals surface area contributed by atoms with E-state index in [4.69, 9.17) is 15.2 Å². The van der Waals surface area contributed by atoms with Gasteiger partial charge in [-0.25, -0.2) is 0 Å². The number of nitrogens with one attached hydrogen (secondary N) is 1. The SMILES string of the molecule is COc1ccccc1N1CCC(CNC(=O)C2(N)CCOCC2)C1. The lowest BCUT2D eigenvalue weighted by atomic mass is 9.90. The van der Waals surface area contributed by atoms with Crippen LogP contribution in [0.2, 0.25) is 0 Å². The molecule has 0 bridgehead atoms. The van der Waals surface area contributed by atoms with Gasteiger partial charge in [-0.2, -0.15) is 0 Å². The van der Waals surface area contributed by atoms with Crippen molar-refractivity contribution in [3.8, 4) is 5.75 Å². The maximum absolute atomic E-state index is 12.4. The first kappa shape index (κ1) is 17.0. The molecule has 0 radical (unpaired) electrons. The van der Waals surface area contributed by atoms with Crippen molar-refractivity contribution in [1.29, 1.82) is 0 Å². The lowest BCUT2D eigenvalue weighted by molar-refractivity contribution is -0.129. The summed E-state index contributed by atoms with van der Waals surface area (Å²) in [6.45, 7) is 3.69. The number of nitrogens with two attached hydrogens (primary N) is 1. The van der Waals surface area contributed by atoms with Crippen LogP contribution in [0.25, 0.3) is 0 Å². The quantitative estimate of drug-likeness (QED) is 0.845. The van der Waals surface area contributed by atoms with Crippen LogP contribution in [-0.4, -0.2) is 51.4 Å². The summed E-state index contributed by atoms with van der Waals surface area (Å²) in [4.78, 5) is 14.7. The number of hydrogen-bond acceptors (Lipinski definition) is 5. The Morgan fingerprint density at radius 3 is 2.92 bits per heavy atom. The van der Waals surface area contributed by atoms with Crippen molar-refractivity contribution >= 4 is 11.6 Å². The number of ether oxygens (including phenoxy) is 2. The fourth-order valence-corrected chi connectivity index (χ4v) is 3.48. The number of benzene rings is 1. The molecule has 6 heteroatoms. The van der Waals surface area contributed by atoms with Gasteiger partial charge in [0.25, 0.3) is 0 Å². The molecule has 1 unspecified atom stereocenters. The third-order valence-electron chi connectivity index (χ3n) is 5.10. The van der Waals surface area contributed by atoms with Gasteiger partial charge in [0.2, 0.25) is 5.91 Å². The van der Waals surface area contributed by atoms with Crippen LogP contribution in [0.3, 0.4) is 0 Å². The van der Waals surface area contributed by atoms with Crippen LogP contribution in [0.4, 0.5) is 5.69 Å². The molecule has 132 valence electrons. The van der Waals surface area contributed by atoms with Crippen molar-refractivity contribution in [2.24, 2.45) is 11.7 Å². The zero-order chi connectivity index (χ0) is 17.0. The minimum Gasteiger partial charge on any atom is -0.495 e. The Kier molecular flexibility index (Phi) is 5.26. The summed E-state index contributed by atoms with van der Waals surface area (Å²) in [5.41, 5.74) is 6.58. The summed E-state index contributed by atoms with van der Waals surface area (Å²) in [5.74, 6) is 1.29. The van der Waals surface area contributed by atoms with Crippen molar-refractivity contribution in [2.45, 2.75) is 24.8 Å². The Balaban J connectivity index is 1.52. The molecule has 1 aromatic rings. The Hall–Kier alpha value is -1.79. The third kappa shape index (κ3) is 3.65. The van der Waals surface area contributed by atoms with Crippen LogP contribution < -0.4 is 20.7 Å². The van der Waals surface area contributed by atoms with Gasteiger partial charge in [0.1, 0.15) is 5.75 Å². The number of methoxy groups -OCH3 is 1. The van der Waals surface area contributed by atoms with Gasteiger partial charge >= 0.3 is 0 Å². The Morgan fingerprint density at radius 2 is 2.17 bits per heavy atom. The highest BCUT2D eigenvalue weighted by Gasteiger charge is 2.36. The van der Waals surface area contributed by atoms with Crippen molar-refractivity contribution < 1.29 is 14.3 Å². The van der Waals surface area contributed by atoms with Crippen molar-refractivity contribution in [3.63, 3.8) is 0 Å². The molecule has 2 saturated heterocycles. The Bertz CT molecular complexity index is 572. The predicted octanol–water partition coefficient (Wildman–Crippen LogP) is 1.15. The molecule has 0 aliphatic carbocycles. The second-order valence-corrected chi connectivity index (χ2v) is 6.75. The number of para-hydroxylation sites is 2. The summed E-state index contributed by atoms with van der Waals surface area (Å²) in [7, 11) is 1.70. The van der Waals surface area contributed by atoms with Crippen LogP contribution in [0.1, 0.15) is 19.3 Å². The average molecular weight is 333 g/mol. The van der Waals surface area contributed by atoms with E-state index in [1.54, 1.807) is 7.11 Å². The van der Waals surface area contributed by atoms with E-state index in [1.165, 1.54) is 0 Å². The van der Waals surface area contributed by atoms with Crippen LogP contribution in [-0.2, 0) is 9.53 Å². The molecule has 1 aromatic carbocycles. The first-order chi connectivity index (χ1) is 11.6. The van der Waals surface area contributed by atoms with Gasteiger partial charge in [0.15, 0.2) is 0 Å². The van der Waals surface area contributed by atoms with E-state index in [0.717, 1.165) is 30.9 Å². The lowest BCUT2D eigenvalue weighted by Crippen LogP contribution is -2.57. The Labute approximate surface area is 143 Å². The molecule has 0 spiro atoms. The fourth-order valence-electron chi connectivity index (χ4n) is 3.48. The van der Waals surface area contributed by atoms with Crippen LogP contribution in [0, 0.1) is 5.92 Å². The topological polar surface area (TPSA) is 76.8 Å². The molecule has 2 fully saturated rings. The fraction of sp³-hybridized carbons (Fsp3) is 0.611. The third-order valence-corrected chi connectivity index (χ3v) is 5.10. The molecule has 1 amide bonds. The normalized spacial score (nSPS) is 23.1. The van der Waals surface area contributed by atoms with E-state index in [9.17, 15) is 4.79 Å². The van der Waals surface area contributed by atoms with Gasteiger partial charge in [0, 0.05) is 32.8 Å². The van der Waals surface area contributed by atoms with Gasteiger partial charge < -0.3 is 25.4 Å². The van der Waals surface area contributed by atoms with E-state index in [1.807, 2.05) is 18.2 Å². The molecule has 1 atom stereocenters. The number of carbonyl (C=O) groups is 1. The molecule has 2 heterocycles. The number of rotatable bonds is 5. The van der Waals surface area contributed by atoms with Gasteiger partial charge in [-0.15, -0.1) is 0 Å². The Morgan fingerprint density at radius 1 is 1.42 bits per heavy atom. The summed E-state index contributed by atoms with van der Waals surface area (Å²) in [6.07, 6.45) is 2.24.